The number of rotatable bonds is 6. The third kappa shape index (κ3) is 5.02. The molecule has 0 aliphatic carbocycles. The molecule has 0 radical (unpaired) electrons. The Morgan fingerprint density at radius 2 is 1.83 bits per heavy atom. The molecule has 1 aromatic carbocycles. The van der Waals surface area contributed by atoms with Crippen molar-refractivity contribution in [3.8, 4) is 0 Å². The first kappa shape index (κ1) is 15.6. The largest absolute Gasteiger partial charge is 0.396 e. The quantitative estimate of drug-likeness (QED) is 0.816. The zero-order valence-corrected chi connectivity index (χ0v) is 12.6. The second kappa shape index (κ2) is 7.19. The van der Waals surface area contributed by atoms with Crippen molar-refractivity contribution in [3.05, 3.63) is 27.7 Å². The molecular formula is C13H20Cl2N2O. The lowest BCUT2D eigenvalue weighted by molar-refractivity contribution is 0.0627. The molecule has 18 heavy (non-hydrogen) atoms. The predicted octanol–water partition coefficient (Wildman–Crippen LogP) is 3.43. The third-order valence-corrected chi connectivity index (χ3v) is 3.14. The van der Waals surface area contributed by atoms with E-state index >= 15 is 0 Å². The summed E-state index contributed by atoms with van der Waals surface area (Å²) in [5.41, 5.74) is 7.18. The summed E-state index contributed by atoms with van der Waals surface area (Å²) < 4.78 is 5.50. The topological polar surface area (TPSA) is 38.5 Å². The molecule has 1 aromatic rings. The summed E-state index contributed by atoms with van der Waals surface area (Å²) in [6.07, 6.45) is 0.263. The van der Waals surface area contributed by atoms with E-state index in [4.69, 9.17) is 33.7 Å². The maximum absolute atomic E-state index is 6.00. The van der Waals surface area contributed by atoms with Crippen LogP contribution in [0, 0.1) is 0 Å². The lowest BCUT2D eigenvalue weighted by Crippen LogP contribution is -2.24. The van der Waals surface area contributed by atoms with Gasteiger partial charge in [0.2, 0.25) is 0 Å². The highest BCUT2D eigenvalue weighted by Crippen LogP contribution is 2.29. The van der Waals surface area contributed by atoms with Crippen LogP contribution in [0.25, 0.3) is 0 Å². The number of anilines is 1. The van der Waals surface area contributed by atoms with Crippen LogP contribution in [0.4, 0.5) is 5.69 Å². The minimum atomic E-state index is 0.263. The number of nitrogens with two attached hydrogens (primary N) is 1. The van der Waals surface area contributed by atoms with Gasteiger partial charge in [-0.1, -0.05) is 23.2 Å². The molecule has 0 saturated heterocycles. The molecule has 0 saturated carbocycles. The highest BCUT2D eigenvalue weighted by Gasteiger charge is 2.07. The van der Waals surface area contributed by atoms with Gasteiger partial charge in [-0.15, -0.1) is 0 Å². The van der Waals surface area contributed by atoms with Crippen molar-refractivity contribution in [1.29, 1.82) is 0 Å². The zero-order chi connectivity index (χ0) is 13.7. The Morgan fingerprint density at radius 1 is 1.28 bits per heavy atom. The summed E-state index contributed by atoms with van der Waals surface area (Å²) in [5, 5.41) is 1.01. The van der Waals surface area contributed by atoms with Gasteiger partial charge in [0.05, 0.1) is 28.4 Å². The molecule has 0 unspecified atom stereocenters. The van der Waals surface area contributed by atoms with Crippen LogP contribution in [0.15, 0.2) is 12.1 Å². The van der Waals surface area contributed by atoms with E-state index in [-0.39, 0.29) is 6.10 Å². The Morgan fingerprint density at radius 3 is 2.33 bits per heavy atom. The first-order valence-electron chi connectivity index (χ1n) is 5.93. The Kier molecular flexibility index (Phi) is 6.22. The SMILES string of the molecule is CC(C)OCCN(C)Cc1cc(Cl)c(N)c(Cl)c1. The van der Waals surface area contributed by atoms with E-state index in [0.717, 1.165) is 18.7 Å². The maximum atomic E-state index is 6.00. The molecule has 0 atom stereocenters. The van der Waals surface area contributed by atoms with Crippen molar-refractivity contribution in [2.75, 3.05) is 25.9 Å². The zero-order valence-electron chi connectivity index (χ0n) is 11.0. The second-order valence-electron chi connectivity index (χ2n) is 4.63. The second-order valence-corrected chi connectivity index (χ2v) is 5.44. The average Bonchev–Trinajstić information content (AvgIpc) is 2.25. The van der Waals surface area contributed by atoms with E-state index in [9.17, 15) is 0 Å². The van der Waals surface area contributed by atoms with Crippen LogP contribution in [0.3, 0.4) is 0 Å². The number of nitrogens with zero attached hydrogens (tertiary/aromatic N) is 1. The van der Waals surface area contributed by atoms with Crippen molar-refractivity contribution in [1.82, 2.24) is 4.90 Å². The van der Waals surface area contributed by atoms with Crippen LogP contribution in [0.1, 0.15) is 19.4 Å². The van der Waals surface area contributed by atoms with Gasteiger partial charge in [0, 0.05) is 13.1 Å². The van der Waals surface area contributed by atoms with E-state index in [1.807, 2.05) is 33.0 Å². The van der Waals surface area contributed by atoms with E-state index in [1.54, 1.807) is 0 Å². The number of halogens is 2. The molecule has 0 spiro atoms. The van der Waals surface area contributed by atoms with Gasteiger partial charge < -0.3 is 10.5 Å². The van der Waals surface area contributed by atoms with E-state index in [0.29, 0.717) is 22.3 Å². The van der Waals surface area contributed by atoms with Crippen molar-refractivity contribution < 1.29 is 4.74 Å². The van der Waals surface area contributed by atoms with Crippen LogP contribution < -0.4 is 5.73 Å². The summed E-state index contributed by atoms with van der Waals surface area (Å²) >= 11 is 12.0. The smallest absolute Gasteiger partial charge is 0.0693 e. The molecule has 0 fully saturated rings. The normalized spacial score (nSPS) is 11.5. The lowest BCUT2D eigenvalue weighted by atomic mass is 10.2. The lowest BCUT2D eigenvalue weighted by Gasteiger charge is -2.18. The molecule has 0 bridgehead atoms. The number of hydrogen-bond donors (Lipinski definition) is 1. The van der Waals surface area contributed by atoms with E-state index in [1.165, 1.54) is 0 Å². The number of nitrogen functional groups attached to an aromatic ring is 1. The van der Waals surface area contributed by atoms with Gasteiger partial charge in [-0.05, 0) is 38.6 Å². The molecule has 0 aliphatic heterocycles. The molecule has 0 aliphatic rings. The molecule has 0 aromatic heterocycles. The van der Waals surface area contributed by atoms with Crippen molar-refractivity contribution >= 4 is 28.9 Å². The third-order valence-electron chi connectivity index (χ3n) is 2.52. The fraction of sp³-hybridized carbons (Fsp3) is 0.538. The van der Waals surface area contributed by atoms with Gasteiger partial charge in [-0.3, -0.25) is 4.90 Å². The van der Waals surface area contributed by atoms with Crippen molar-refractivity contribution in [3.63, 3.8) is 0 Å². The highest BCUT2D eigenvalue weighted by atomic mass is 35.5. The Hall–Kier alpha value is -0.480. The molecule has 2 N–H and O–H groups in total. The highest BCUT2D eigenvalue weighted by molar-refractivity contribution is 6.38. The predicted molar refractivity (Wildman–Crippen MR) is 78.3 cm³/mol. The number of hydrogen-bond acceptors (Lipinski definition) is 3. The molecule has 0 amide bonds. The Bertz CT molecular complexity index is 374. The van der Waals surface area contributed by atoms with Gasteiger partial charge in [-0.2, -0.15) is 0 Å². The standard InChI is InChI=1S/C13H20Cl2N2O/c1-9(2)18-5-4-17(3)8-10-6-11(14)13(16)12(15)7-10/h6-7,9H,4-5,8,16H2,1-3H3. The van der Waals surface area contributed by atoms with E-state index < -0.39 is 0 Å². The monoisotopic (exact) mass is 290 g/mol. The van der Waals surface area contributed by atoms with Crippen molar-refractivity contribution in [2.24, 2.45) is 0 Å². The minimum Gasteiger partial charge on any atom is -0.396 e. The van der Waals surface area contributed by atoms with Crippen molar-refractivity contribution in [2.45, 2.75) is 26.5 Å². The van der Waals surface area contributed by atoms with Crippen LogP contribution in [0.2, 0.25) is 10.0 Å². The van der Waals surface area contributed by atoms with Crippen LogP contribution >= 0.6 is 23.2 Å². The van der Waals surface area contributed by atoms with Gasteiger partial charge in [0.1, 0.15) is 0 Å². The first-order valence-corrected chi connectivity index (χ1v) is 6.69. The van der Waals surface area contributed by atoms with Gasteiger partial charge in [-0.25, -0.2) is 0 Å². The molecule has 102 valence electrons. The summed E-state index contributed by atoms with van der Waals surface area (Å²) in [7, 11) is 2.03. The first-order chi connectivity index (χ1) is 8.40. The van der Waals surface area contributed by atoms with Crippen LogP contribution in [-0.2, 0) is 11.3 Å². The van der Waals surface area contributed by atoms with Crippen LogP contribution in [0.5, 0.6) is 0 Å². The molecule has 0 heterocycles. The van der Waals surface area contributed by atoms with Gasteiger partial charge >= 0.3 is 0 Å². The number of likely N-dealkylation sites (N-methyl/N-ethyl adjacent to an activating group) is 1. The Balaban J connectivity index is 2.51. The molecule has 1 rings (SSSR count). The number of benzene rings is 1. The van der Waals surface area contributed by atoms with Gasteiger partial charge in [0.25, 0.3) is 0 Å². The molecule has 3 nitrogen and oxygen atoms in total. The fourth-order valence-electron chi connectivity index (χ4n) is 1.56. The fourth-order valence-corrected chi connectivity index (χ4v) is 2.10. The summed E-state index contributed by atoms with van der Waals surface area (Å²) in [6.45, 7) is 6.39. The molecule has 5 heteroatoms. The Labute approximate surface area is 119 Å². The van der Waals surface area contributed by atoms with Crippen LogP contribution in [-0.4, -0.2) is 31.2 Å². The maximum Gasteiger partial charge on any atom is 0.0693 e. The average molecular weight is 291 g/mol. The van der Waals surface area contributed by atoms with Gasteiger partial charge in [0.15, 0.2) is 0 Å². The summed E-state index contributed by atoms with van der Waals surface area (Å²) in [6, 6.07) is 3.70. The number of ether oxygens (including phenoxy) is 1. The minimum absolute atomic E-state index is 0.263. The summed E-state index contributed by atoms with van der Waals surface area (Å²) in [5.74, 6) is 0. The van der Waals surface area contributed by atoms with E-state index in [2.05, 4.69) is 4.90 Å². The molecular weight excluding hydrogens is 271 g/mol. The summed E-state index contributed by atoms with van der Waals surface area (Å²) in [4.78, 5) is 2.15.